The van der Waals surface area contributed by atoms with Gasteiger partial charge in [0.05, 0.1) is 31.5 Å². The molecule has 1 aliphatic rings. The predicted molar refractivity (Wildman–Crippen MR) is 138 cm³/mol. The molecule has 1 aromatic heterocycles. The molecule has 3 aromatic carbocycles. The molecule has 1 aliphatic heterocycles. The van der Waals surface area contributed by atoms with E-state index in [1.54, 1.807) is 31.4 Å². The molecule has 1 N–H and O–H groups in total. The quantitative estimate of drug-likeness (QED) is 0.202. The summed E-state index contributed by atoms with van der Waals surface area (Å²) < 4.78 is 11.0. The number of ether oxygens (including phenoxy) is 1. The Balaban J connectivity index is 1.74. The number of aliphatic hydroxyl groups excluding tert-OH is 1. The number of amides is 1. The van der Waals surface area contributed by atoms with Crippen molar-refractivity contribution in [1.29, 1.82) is 0 Å². The summed E-state index contributed by atoms with van der Waals surface area (Å²) in [5, 5.41) is 13.4. The minimum atomic E-state index is -0.786. The molecule has 6 heteroatoms. The highest BCUT2D eigenvalue weighted by Crippen LogP contribution is 2.43. The van der Waals surface area contributed by atoms with Gasteiger partial charge in [0, 0.05) is 5.56 Å². The molecule has 6 nitrogen and oxygen atoms in total. The Labute approximate surface area is 209 Å². The van der Waals surface area contributed by atoms with Gasteiger partial charge in [0.25, 0.3) is 11.7 Å². The molecule has 0 aliphatic carbocycles. The van der Waals surface area contributed by atoms with Crippen LogP contribution in [0.1, 0.15) is 48.3 Å². The number of likely N-dealkylation sites (tertiary alicyclic amines) is 1. The van der Waals surface area contributed by atoms with Gasteiger partial charge >= 0.3 is 0 Å². The van der Waals surface area contributed by atoms with Crippen LogP contribution in [-0.4, -0.2) is 28.8 Å². The lowest BCUT2D eigenvalue weighted by atomic mass is 9.90. The summed E-state index contributed by atoms with van der Waals surface area (Å²) >= 11 is 0. The summed E-state index contributed by atoms with van der Waals surface area (Å²) in [6, 6.07) is 21.6. The summed E-state index contributed by atoms with van der Waals surface area (Å²) in [7, 11) is 1.60. The first-order valence-corrected chi connectivity index (χ1v) is 11.9. The number of carbonyl (C=O) groups is 2. The number of rotatable bonds is 6. The van der Waals surface area contributed by atoms with Gasteiger partial charge in [-0.25, -0.2) is 0 Å². The van der Waals surface area contributed by atoms with Gasteiger partial charge in [-0.1, -0.05) is 56.3 Å². The fourth-order valence-electron chi connectivity index (χ4n) is 4.91. The average molecular weight is 482 g/mol. The Morgan fingerprint density at radius 2 is 1.81 bits per heavy atom. The first-order valence-electron chi connectivity index (χ1n) is 11.9. The van der Waals surface area contributed by atoms with Gasteiger partial charge in [0.1, 0.15) is 17.3 Å². The second-order valence-corrected chi connectivity index (χ2v) is 9.19. The Hall–Kier alpha value is -4.32. The average Bonchev–Trinajstić information content (AvgIpc) is 3.50. The van der Waals surface area contributed by atoms with Gasteiger partial charge in [-0.15, -0.1) is 0 Å². The number of carbonyl (C=O) groups excluding carboxylic acids is 2. The van der Waals surface area contributed by atoms with Crippen LogP contribution in [0.5, 0.6) is 5.75 Å². The van der Waals surface area contributed by atoms with Crippen LogP contribution in [-0.2, 0) is 16.1 Å². The summed E-state index contributed by atoms with van der Waals surface area (Å²) in [5.41, 5.74) is 2.18. The van der Waals surface area contributed by atoms with Crippen molar-refractivity contribution in [1.82, 2.24) is 4.90 Å². The topological polar surface area (TPSA) is 80.0 Å². The van der Waals surface area contributed by atoms with E-state index in [-0.39, 0.29) is 23.8 Å². The maximum Gasteiger partial charge on any atom is 0.296 e. The number of Topliss-reactive ketones (excluding diaryl/α,β-unsaturated/α-hetero) is 1. The van der Waals surface area contributed by atoms with E-state index in [1.807, 2.05) is 62.4 Å². The van der Waals surface area contributed by atoms with E-state index in [4.69, 9.17) is 9.15 Å². The van der Waals surface area contributed by atoms with Crippen molar-refractivity contribution in [2.75, 3.05) is 7.11 Å². The van der Waals surface area contributed by atoms with Gasteiger partial charge in [-0.3, -0.25) is 9.59 Å². The number of hydrogen-bond donors (Lipinski definition) is 1. The maximum absolute atomic E-state index is 13.5. The van der Waals surface area contributed by atoms with E-state index in [2.05, 4.69) is 0 Å². The fourth-order valence-corrected chi connectivity index (χ4v) is 4.91. The van der Waals surface area contributed by atoms with Gasteiger partial charge in [-0.05, 0) is 58.1 Å². The van der Waals surface area contributed by atoms with Crippen molar-refractivity contribution >= 4 is 28.2 Å². The fraction of sp³-hybridized carbons (Fsp3) is 0.200. The summed E-state index contributed by atoms with van der Waals surface area (Å²) in [5.74, 6) is -0.234. The van der Waals surface area contributed by atoms with Crippen LogP contribution in [0.3, 0.4) is 0 Å². The van der Waals surface area contributed by atoms with Crippen LogP contribution in [0, 0.1) is 0 Å². The van der Waals surface area contributed by atoms with Gasteiger partial charge in [-0.2, -0.15) is 0 Å². The summed E-state index contributed by atoms with van der Waals surface area (Å²) in [6.45, 7) is 4.16. The second kappa shape index (κ2) is 9.38. The van der Waals surface area contributed by atoms with Crippen LogP contribution in [0.2, 0.25) is 0 Å². The van der Waals surface area contributed by atoms with Crippen molar-refractivity contribution in [3.63, 3.8) is 0 Å². The Bertz CT molecular complexity index is 1480. The lowest BCUT2D eigenvalue weighted by molar-refractivity contribution is -0.140. The van der Waals surface area contributed by atoms with Gasteiger partial charge in [0.2, 0.25) is 0 Å². The van der Waals surface area contributed by atoms with Gasteiger partial charge < -0.3 is 19.2 Å². The Morgan fingerprint density at radius 3 is 2.53 bits per heavy atom. The zero-order valence-electron chi connectivity index (χ0n) is 20.4. The Morgan fingerprint density at radius 1 is 1.03 bits per heavy atom. The van der Waals surface area contributed by atoms with E-state index in [0.717, 1.165) is 21.9 Å². The molecule has 5 rings (SSSR count). The molecule has 0 bridgehead atoms. The minimum Gasteiger partial charge on any atom is -0.507 e. The molecule has 0 spiro atoms. The van der Waals surface area contributed by atoms with Crippen LogP contribution in [0.4, 0.5) is 0 Å². The molecule has 4 aromatic rings. The number of furan rings is 1. The zero-order valence-corrected chi connectivity index (χ0v) is 20.4. The van der Waals surface area contributed by atoms with E-state index in [9.17, 15) is 14.7 Å². The number of nitrogens with zero attached hydrogens (tertiary/aromatic N) is 1. The number of ketones is 1. The number of benzene rings is 3. The molecule has 1 amide bonds. The monoisotopic (exact) mass is 481 g/mol. The summed E-state index contributed by atoms with van der Waals surface area (Å²) in [4.78, 5) is 28.3. The molecule has 0 saturated carbocycles. The first-order chi connectivity index (χ1) is 17.4. The van der Waals surface area contributed by atoms with E-state index in [1.165, 1.54) is 11.2 Å². The molecule has 2 heterocycles. The molecule has 1 saturated heterocycles. The third-order valence-corrected chi connectivity index (χ3v) is 6.69. The van der Waals surface area contributed by atoms with Crippen molar-refractivity contribution in [3.8, 4) is 5.75 Å². The molecule has 182 valence electrons. The molecule has 1 atom stereocenters. The number of aliphatic hydroxyl groups is 1. The maximum atomic E-state index is 13.5. The minimum absolute atomic E-state index is 0.0581. The molecule has 1 fully saturated rings. The van der Waals surface area contributed by atoms with Crippen molar-refractivity contribution < 1.29 is 23.8 Å². The van der Waals surface area contributed by atoms with Crippen molar-refractivity contribution in [2.24, 2.45) is 0 Å². The Kier molecular flexibility index (Phi) is 6.10. The van der Waals surface area contributed by atoms with Crippen molar-refractivity contribution in [3.05, 3.63) is 107 Å². The van der Waals surface area contributed by atoms with Crippen LogP contribution in [0.25, 0.3) is 16.5 Å². The van der Waals surface area contributed by atoms with Crippen LogP contribution >= 0.6 is 0 Å². The third kappa shape index (κ3) is 3.94. The number of hydrogen-bond acceptors (Lipinski definition) is 5. The smallest absolute Gasteiger partial charge is 0.296 e. The van der Waals surface area contributed by atoms with Gasteiger partial charge in [0.15, 0.2) is 0 Å². The van der Waals surface area contributed by atoms with Crippen LogP contribution in [0.15, 0.2) is 89.0 Å². The highest BCUT2D eigenvalue weighted by molar-refractivity contribution is 6.46. The molecular formula is C30H27NO5. The van der Waals surface area contributed by atoms with Crippen LogP contribution < -0.4 is 4.74 Å². The highest BCUT2D eigenvalue weighted by atomic mass is 16.5. The zero-order chi connectivity index (χ0) is 25.4. The molecule has 1 unspecified atom stereocenters. The molecule has 0 radical (unpaired) electrons. The standard InChI is InChI=1S/C30H27NO5/c1-18(2)24-16-20(13-14-25(24)35-3)28(32)26-27(23-12-6-9-19-8-4-5-11-22(19)23)31(30(34)29(26)33)17-21-10-7-15-36-21/h4-16,18,27,32H,17H2,1-3H3/b28-26+. The highest BCUT2D eigenvalue weighted by Gasteiger charge is 2.46. The van der Waals surface area contributed by atoms with E-state index in [0.29, 0.717) is 17.1 Å². The molecular weight excluding hydrogens is 454 g/mol. The molecule has 36 heavy (non-hydrogen) atoms. The SMILES string of the molecule is COc1ccc(/C(O)=C2\C(=O)C(=O)N(Cc3ccco3)C2c2cccc3ccccc23)cc1C(C)C. The predicted octanol–water partition coefficient (Wildman–Crippen LogP) is 6.19. The van der Waals surface area contributed by atoms with Crippen molar-refractivity contribution in [2.45, 2.75) is 32.4 Å². The number of methoxy groups -OCH3 is 1. The van der Waals surface area contributed by atoms with E-state index < -0.39 is 17.7 Å². The summed E-state index contributed by atoms with van der Waals surface area (Å²) in [6.07, 6.45) is 1.53. The first kappa shape index (κ1) is 23.4. The van der Waals surface area contributed by atoms with E-state index >= 15 is 0 Å². The normalized spacial score (nSPS) is 17.3. The largest absolute Gasteiger partial charge is 0.507 e. The number of fused-ring (bicyclic) bond motifs is 1. The lowest BCUT2D eigenvalue weighted by Crippen LogP contribution is -2.29. The lowest BCUT2D eigenvalue weighted by Gasteiger charge is -2.26. The third-order valence-electron chi connectivity index (χ3n) is 6.69. The second-order valence-electron chi connectivity index (χ2n) is 9.19.